The van der Waals surface area contributed by atoms with Gasteiger partial charge in [-0.2, -0.15) is 0 Å². The molecule has 0 saturated carbocycles. The second kappa shape index (κ2) is 6.54. The molecule has 1 unspecified atom stereocenters. The molecule has 0 saturated heterocycles. The molecule has 0 aliphatic carbocycles. The summed E-state index contributed by atoms with van der Waals surface area (Å²) >= 11 is 0. The number of hydrogen-bond donors (Lipinski definition) is 2. The lowest BCUT2D eigenvalue weighted by Gasteiger charge is -2.13. The third-order valence-electron chi connectivity index (χ3n) is 2.12. The predicted molar refractivity (Wildman–Crippen MR) is 60.3 cm³/mol. The van der Waals surface area contributed by atoms with Crippen LogP contribution in [0, 0.1) is 0 Å². The summed E-state index contributed by atoms with van der Waals surface area (Å²) in [5.74, 6) is -0.778. The Hall–Kier alpha value is -1.46. The monoisotopic (exact) mass is 335 g/mol. The van der Waals surface area contributed by atoms with E-state index in [-0.39, 0.29) is 0 Å². The molecule has 1 atom stereocenters. The summed E-state index contributed by atoms with van der Waals surface area (Å²) in [4.78, 5) is -0.620. The number of halogens is 5. The van der Waals surface area contributed by atoms with Gasteiger partial charge in [-0.05, 0) is 12.1 Å². The number of hydrogen-bond acceptors (Lipinski definition) is 4. The Bertz CT molecular complexity index is 575. The van der Waals surface area contributed by atoms with E-state index in [4.69, 9.17) is 5.11 Å². The van der Waals surface area contributed by atoms with Gasteiger partial charge >= 0.3 is 6.36 Å². The molecule has 1 aromatic rings. The van der Waals surface area contributed by atoms with E-state index in [2.05, 4.69) is 4.74 Å². The van der Waals surface area contributed by atoms with Crippen molar-refractivity contribution in [2.45, 2.75) is 23.8 Å². The minimum atomic E-state index is -5.00. The molecular weight excluding hydrogens is 325 g/mol. The largest absolute Gasteiger partial charge is 0.573 e. The van der Waals surface area contributed by atoms with Gasteiger partial charge in [0.05, 0.1) is 4.90 Å². The summed E-state index contributed by atoms with van der Waals surface area (Å²) in [6.45, 7) is -0.982. The van der Waals surface area contributed by atoms with Gasteiger partial charge in [0.1, 0.15) is 11.9 Å². The number of ether oxygens (including phenoxy) is 1. The summed E-state index contributed by atoms with van der Waals surface area (Å²) in [5.41, 5.74) is 0. The quantitative estimate of drug-likeness (QED) is 0.773. The Morgan fingerprint density at radius 3 is 2.43 bits per heavy atom. The van der Waals surface area contributed by atoms with Crippen molar-refractivity contribution in [3.05, 3.63) is 24.3 Å². The van der Waals surface area contributed by atoms with Crippen molar-refractivity contribution in [1.29, 1.82) is 0 Å². The van der Waals surface area contributed by atoms with Gasteiger partial charge in [0.25, 0.3) is 6.43 Å². The Morgan fingerprint density at radius 1 is 1.29 bits per heavy atom. The Balaban J connectivity index is 2.86. The lowest BCUT2D eigenvalue weighted by molar-refractivity contribution is -0.274. The van der Waals surface area contributed by atoms with Crippen LogP contribution in [0.1, 0.15) is 0 Å². The van der Waals surface area contributed by atoms with Crippen molar-refractivity contribution in [2.24, 2.45) is 0 Å². The molecule has 21 heavy (non-hydrogen) atoms. The maximum atomic E-state index is 12.0. The molecule has 11 heteroatoms. The van der Waals surface area contributed by atoms with E-state index in [1.807, 2.05) is 0 Å². The predicted octanol–water partition coefficient (Wildman–Crippen LogP) is 1.49. The molecule has 0 fully saturated rings. The average Bonchev–Trinajstić information content (AvgIpc) is 2.34. The van der Waals surface area contributed by atoms with Gasteiger partial charge in [0.15, 0.2) is 0 Å². The van der Waals surface area contributed by atoms with E-state index in [9.17, 15) is 30.4 Å². The van der Waals surface area contributed by atoms with Gasteiger partial charge in [-0.3, -0.25) is 0 Å². The Kier molecular flexibility index (Phi) is 5.48. The van der Waals surface area contributed by atoms with Crippen LogP contribution in [0.2, 0.25) is 0 Å². The summed E-state index contributed by atoms with van der Waals surface area (Å²) in [7, 11) is -4.36. The van der Waals surface area contributed by atoms with Crippen molar-refractivity contribution in [2.75, 3.05) is 6.54 Å². The van der Waals surface area contributed by atoms with E-state index in [1.165, 1.54) is 0 Å². The normalized spacial score (nSPS) is 14.2. The number of nitrogens with one attached hydrogen (secondary N) is 1. The highest BCUT2D eigenvalue weighted by molar-refractivity contribution is 7.89. The molecule has 0 amide bonds. The molecule has 2 N–H and O–H groups in total. The first-order valence-electron chi connectivity index (χ1n) is 5.33. The molecule has 0 aliphatic rings. The van der Waals surface area contributed by atoms with Gasteiger partial charge in [0, 0.05) is 12.6 Å². The van der Waals surface area contributed by atoms with Crippen LogP contribution < -0.4 is 9.46 Å². The minimum Gasteiger partial charge on any atom is -0.406 e. The number of aliphatic hydroxyl groups is 1. The van der Waals surface area contributed by atoms with Crippen molar-refractivity contribution in [1.82, 2.24) is 4.72 Å². The molecule has 120 valence electrons. The van der Waals surface area contributed by atoms with Crippen LogP contribution in [-0.4, -0.2) is 39.0 Å². The van der Waals surface area contributed by atoms with Crippen LogP contribution in [0.15, 0.2) is 29.2 Å². The van der Waals surface area contributed by atoms with E-state index in [0.29, 0.717) is 6.07 Å². The maximum absolute atomic E-state index is 12.0. The number of sulfonamides is 1. The fourth-order valence-electron chi connectivity index (χ4n) is 1.21. The molecule has 0 spiro atoms. The first-order chi connectivity index (χ1) is 9.51. The zero-order chi connectivity index (χ0) is 16.3. The molecule has 0 aromatic heterocycles. The van der Waals surface area contributed by atoms with E-state index < -0.39 is 46.1 Å². The Morgan fingerprint density at radius 2 is 1.90 bits per heavy atom. The van der Waals surface area contributed by atoms with Crippen molar-refractivity contribution in [3.8, 4) is 5.75 Å². The lowest BCUT2D eigenvalue weighted by atomic mass is 10.3. The first kappa shape index (κ1) is 17.6. The second-order valence-electron chi connectivity index (χ2n) is 3.78. The molecule has 0 heterocycles. The maximum Gasteiger partial charge on any atom is 0.573 e. The van der Waals surface area contributed by atoms with Crippen molar-refractivity contribution in [3.63, 3.8) is 0 Å². The van der Waals surface area contributed by atoms with Gasteiger partial charge in [-0.1, -0.05) is 6.07 Å². The van der Waals surface area contributed by atoms with Crippen LogP contribution in [-0.2, 0) is 10.0 Å². The van der Waals surface area contributed by atoms with Gasteiger partial charge in [-0.15, -0.1) is 13.2 Å². The van der Waals surface area contributed by atoms with Crippen LogP contribution >= 0.6 is 0 Å². The zero-order valence-electron chi connectivity index (χ0n) is 10.1. The third kappa shape index (κ3) is 5.81. The zero-order valence-corrected chi connectivity index (χ0v) is 11.0. The van der Waals surface area contributed by atoms with E-state index >= 15 is 0 Å². The number of alkyl halides is 5. The molecular formula is C10H10F5NO4S. The molecule has 5 nitrogen and oxygen atoms in total. The lowest BCUT2D eigenvalue weighted by Crippen LogP contribution is -2.35. The van der Waals surface area contributed by atoms with Gasteiger partial charge in [0.2, 0.25) is 10.0 Å². The summed E-state index contributed by atoms with van der Waals surface area (Å²) in [5, 5.41) is 8.79. The molecule has 0 bridgehead atoms. The number of aliphatic hydroxyl groups excluding tert-OH is 1. The average molecular weight is 335 g/mol. The molecule has 0 radical (unpaired) electrons. The fraction of sp³-hybridized carbons (Fsp3) is 0.400. The molecule has 1 rings (SSSR count). The van der Waals surface area contributed by atoms with Crippen LogP contribution in [0.4, 0.5) is 22.0 Å². The topological polar surface area (TPSA) is 75.6 Å². The third-order valence-corrected chi connectivity index (χ3v) is 3.54. The Labute approximate surface area is 116 Å². The standard InChI is InChI=1S/C10H10F5NO4S/c11-9(12)8(17)5-16-21(18,19)7-3-1-2-6(4-7)20-10(13,14)15/h1-4,8-9,16-17H,5H2. The van der Waals surface area contributed by atoms with Crippen molar-refractivity contribution < 1.29 is 40.2 Å². The van der Waals surface area contributed by atoms with E-state index in [0.717, 1.165) is 18.2 Å². The SMILES string of the molecule is O=S(=O)(NCC(O)C(F)F)c1cccc(OC(F)(F)F)c1. The summed E-state index contributed by atoms with van der Waals surface area (Å²) < 4.78 is 88.6. The van der Waals surface area contributed by atoms with E-state index in [1.54, 1.807) is 4.72 Å². The smallest absolute Gasteiger partial charge is 0.406 e. The van der Waals surface area contributed by atoms with Gasteiger partial charge < -0.3 is 9.84 Å². The first-order valence-corrected chi connectivity index (χ1v) is 6.81. The second-order valence-corrected chi connectivity index (χ2v) is 5.54. The molecule has 1 aromatic carbocycles. The molecule has 0 aliphatic heterocycles. The number of rotatable bonds is 6. The van der Waals surface area contributed by atoms with Crippen LogP contribution in [0.5, 0.6) is 5.75 Å². The minimum absolute atomic E-state index is 0.574. The van der Waals surface area contributed by atoms with Crippen LogP contribution in [0.25, 0.3) is 0 Å². The highest BCUT2D eigenvalue weighted by Gasteiger charge is 2.31. The van der Waals surface area contributed by atoms with Gasteiger partial charge in [-0.25, -0.2) is 21.9 Å². The van der Waals surface area contributed by atoms with Crippen LogP contribution in [0.3, 0.4) is 0 Å². The highest BCUT2D eigenvalue weighted by atomic mass is 32.2. The highest BCUT2D eigenvalue weighted by Crippen LogP contribution is 2.24. The fourth-order valence-corrected chi connectivity index (χ4v) is 2.29. The summed E-state index contributed by atoms with van der Waals surface area (Å²) in [6.07, 6.45) is -10.4. The summed E-state index contributed by atoms with van der Waals surface area (Å²) in [6, 6.07) is 3.38. The number of benzene rings is 1. The van der Waals surface area contributed by atoms with Crippen molar-refractivity contribution >= 4 is 10.0 Å².